The minimum absolute atomic E-state index is 0.178. The van der Waals surface area contributed by atoms with Gasteiger partial charge in [0, 0.05) is 35.6 Å². The SMILES string of the molecule is Cn1c(SCC(=O)NN=Cc2cccnc2)nnc1-c1ccc(Cl)cc1. The molecule has 26 heavy (non-hydrogen) atoms. The summed E-state index contributed by atoms with van der Waals surface area (Å²) in [5, 5.41) is 13.5. The van der Waals surface area contributed by atoms with Crippen LogP contribution >= 0.6 is 23.4 Å². The normalized spacial score (nSPS) is 11.0. The second-order valence-electron chi connectivity index (χ2n) is 5.24. The Morgan fingerprint density at radius 3 is 2.85 bits per heavy atom. The molecule has 0 radical (unpaired) electrons. The second kappa shape index (κ2) is 8.59. The summed E-state index contributed by atoms with van der Waals surface area (Å²) >= 11 is 7.19. The average Bonchev–Trinajstić information content (AvgIpc) is 3.02. The molecular weight excluding hydrogens is 372 g/mol. The van der Waals surface area contributed by atoms with Crippen LogP contribution in [0.15, 0.2) is 59.0 Å². The Labute approximate surface area is 159 Å². The zero-order chi connectivity index (χ0) is 18.4. The maximum absolute atomic E-state index is 11.9. The highest BCUT2D eigenvalue weighted by Crippen LogP contribution is 2.23. The smallest absolute Gasteiger partial charge is 0.250 e. The quantitative estimate of drug-likeness (QED) is 0.400. The van der Waals surface area contributed by atoms with Gasteiger partial charge in [0.25, 0.3) is 5.91 Å². The number of rotatable bonds is 6. The largest absolute Gasteiger partial charge is 0.305 e. The fourth-order valence-corrected chi connectivity index (χ4v) is 2.91. The topological polar surface area (TPSA) is 85.1 Å². The van der Waals surface area contributed by atoms with E-state index in [2.05, 4.69) is 25.7 Å². The van der Waals surface area contributed by atoms with Gasteiger partial charge in [0.2, 0.25) is 0 Å². The van der Waals surface area contributed by atoms with Gasteiger partial charge in [-0.1, -0.05) is 29.4 Å². The number of nitrogens with zero attached hydrogens (tertiary/aromatic N) is 5. The van der Waals surface area contributed by atoms with E-state index < -0.39 is 0 Å². The Morgan fingerprint density at radius 2 is 2.12 bits per heavy atom. The number of amides is 1. The number of hydrazone groups is 1. The van der Waals surface area contributed by atoms with E-state index in [1.807, 2.05) is 29.8 Å². The molecule has 0 unspecified atom stereocenters. The highest BCUT2D eigenvalue weighted by molar-refractivity contribution is 7.99. The highest BCUT2D eigenvalue weighted by Gasteiger charge is 2.12. The number of aromatic nitrogens is 4. The standard InChI is InChI=1S/C17H15ClN6OS/c1-24-16(13-4-6-14(18)7-5-13)22-23-17(24)26-11-15(25)21-20-10-12-3-2-8-19-9-12/h2-10H,11H2,1H3,(H,21,25). The molecule has 0 spiro atoms. The first kappa shape index (κ1) is 18.1. The molecule has 9 heteroatoms. The van der Waals surface area contributed by atoms with E-state index in [1.165, 1.54) is 18.0 Å². The molecule has 0 atom stereocenters. The number of carbonyl (C=O) groups is 1. The maximum Gasteiger partial charge on any atom is 0.250 e. The van der Waals surface area contributed by atoms with Crippen LogP contribution in [0.3, 0.4) is 0 Å². The molecular formula is C17H15ClN6OS. The van der Waals surface area contributed by atoms with Crippen LogP contribution in [0.5, 0.6) is 0 Å². The van der Waals surface area contributed by atoms with Crippen LogP contribution < -0.4 is 5.43 Å². The van der Waals surface area contributed by atoms with Crippen molar-refractivity contribution in [2.75, 3.05) is 5.75 Å². The van der Waals surface area contributed by atoms with Gasteiger partial charge in [-0.2, -0.15) is 5.10 Å². The first-order valence-corrected chi connectivity index (χ1v) is 9.00. The van der Waals surface area contributed by atoms with Crippen LogP contribution in [-0.4, -0.2) is 37.6 Å². The maximum atomic E-state index is 11.9. The lowest BCUT2D eigenvalue weighted by molar-refractivity contribution is -0.118. The molecule has 0 fully saturated rings. The Morgan fingerprint density at radius 1 is 1.31 bits per heavy atom. The zero-order valence-corrected chi connectivity index (χ0v) is 15.4. The van der Waals surface area contributed by atoms with Crippen molar-refractivity contribution < 1.29 is 4.79 Å². The van der Waals surface area contributed by atoms with Gasteiger partial charge in [-0.3, -0.25) is 9.78 Å². The van der Waals surface area contributed by atoms with Crippen LogP contribution in [0, 0.1) is 0 Å². The van der Waals surface area contributed by atoms with E-state index in [4.69, 9.17) is 11.6 Å². The van der Waals surface area contributed by atoms with Gasteiger partial charge < -0.3 is 4.57 Å². The first-order valence-electron chi connectivity index (χ1n) is 7.63. The number of carbonyl (C=O) groups excluding carboxylic acids is 1. The Balaban J connectivity index is 1.55. The van der Waals surface area contributed by atoms with E-state index in [0.29, 0.717) is 16.0 Å². The summed E-state index contributed by atoms with van der Waals surface area (Å²) in [5.74, 6) is 0.655. The Bertz CT molecular complexity index is 911. The van der Waals surface area contributed by atoms with Crippen LogP contribution in [0.2, 0.25) is 5.02 Å². The van der Waals surface area contributed by atoms with Crippen LogP contribution in [0.4, 0.5) is 0 Å². The van der Waals surface area contributed by atoms with E-state index in [0.717, 1.165) is 11.1 Å². The molecule has 2 heterocycles. The van der Waals surface area contributed by atoms with Crippen molar-refractivity contribution >= 4 is 35.5 Å². The third-order valence-electron chi connectivity index (χ3n) is 3.36. The van der Waals surface area contributed by atoms with Gasteiger partial charge in [0.1, 0.15) is 0 Å². The summed E-state index contributed by atoms with van der Waals surface area (Å²) in [7, 11) is 1.85. The van der Waals surface area contributed by atoms with Crippen molar-refractivity contribution in [2.45, 2.75) is 5.16 Å². The summed E-state index contributed by atoms with van der Waals surface area (Å²) in [6.45, 7) is 0. The molecule has 1 amide bonds. The van der Waals surface area contributed by atoms with E-state index in [9.17, 15) is 4.79 Å². The molecule has 3 rings (SSSR count). The summed E-state index contributed by atoms with van der Waals surface area (Å²) in [4.78, 5) is 15.9. The zero-order valence-electron chi connectivity index (χ0n) is 13.8. The number of thioether (sulfide) groups is 1. The predicted molar refractivity (Wildman–Crippen MR) is 102 cm³/mol. The third kappa shape index (κ3) is 4.68. The monoisotopic (exact) mass is 386 g/mol. The molecule has 132 valence electrons. The molecule has 0 saturated carbocycles. The number of halogens is 1. The lowest BCUT2D eigenvalue weighted by Crippen LogP contribution is -2.19. The van der Waals surface area contributed by atoms with Crippen molar-refractivity contribution in [2.24, 2.45) is 12.1 Å². The number of hydrogen-bond donors (Lipinski definition) is 1. The van der Waals surface area contributed by atoms with Gasteiger partial charge in [-0.25, -0.2) is 5.43 Å². The third-order valence-corrected chi connectivity index (χ3v) is 4.63. The molecule has 0 bridgehead atoms. The first-order chi connectivity index (χ1) is 12.6. The Hall–Kier alpha value is -2.71. The van der Waals surface area contributed by atoms with Crippen LogP contribution in [-0.2, 0) is 11.8 Å². The predicted octanol–water partition coefficient (Wildman–Crippen LogP) is 2.77. The minimum atomic E-state index is -0.230. The van der Waals surface area contributed by atoms with Crippen LogP contribution in [0.25, 0.3) is 11.4 Å². The number of pyridine rings is 1. The second-order valence-corrected chi connectivity index (χ2v) is 6.62. The molecule has 0 saturated heterocycles. The van der Waals surface area contributed by atoms with Crippen molar-refractivity contribution in [3.8, 4) is 11.4 Å². The van der Waals surface area contributed by atoms with Crippen molar-refractivity contribution in [1.29, 1.82) is 0 Å². The van der Waals surface area contributed by atoms with E-state index in [1.54, 1.807) is 30.6 Å². The molecule has 0 aliphatic heterocycles. The van der Waals surface area contributed by atoms with Crippen molar-refractivity contribution in [3.05, 3.63) is 59.4 Å². The number of nitrogens with one attached hydrogen (secondary N) is 1. The minimum Gasteiger partial charge on any atom is -0.305 e. The number of benzene rings is 1. The Kier molecular flexibility index (Phi) is 5.98. The summed E-state index contributed by atoms with van der Waals surface area (Å²) in [5.41, 5.74) is 4.19. The van der Waals surface area contributed by atoms with E-state index in [-0.39, 0.29) is 11.7 Å². The van der Waals surface area contributed by atoms with Gasteiger partial charge >= 0.3 is 0 Å². The average molecular weight is 387 g/mol. The summed E-state index contributed by atoms with van der Waals surface area (Å²) < 4.78 is 1.83. The lowest BCUT2D eigenvalue weighted by atomic mass is 10.2. The molecule has 0 aliphatic rings. The number of hydrogen-bond acceptors (Lipinski definition) is 6. The fourth-order valence-electron chi connectivity index (χ4n) is 2.08. The molecule has 7 nitrogen and oxygen atoms in total. The molecule has 0 aliphatic carbocycles. The molecule has 1 N–H and O–H groups in total. The lowest BCUT2D eigenvalue weighted by Gasteiger charge is -2.03. The van der Waals surface area contributed by atoms with Gasteiger partial charge in [-0.15, -0.1) is 10.2 Å². The fraction of sp³-hybridized carbons (Fsp3) is 0.118. The molecule has 1 aromatic carbocycles. The van der Waals surface area contributed by atoms with Crippen LogP contribution in [0.1, 0.15) is 5.56 Å². The van der Waals surface area contributed by atoms with Gasteiger partial charge in [0.15, 0.2) is 11.0 Å². The molecule has 3 aromatic rings. The van der Waals surface area contributed by atoms with Crippen molar-refractivity contribution in [1.82, 2.24) is 25.2 Å². The van der Waals surface area contributed by atoms with Gasteiger partial charge in [0.05, 0.1) is 12.0 Å². The summed E-state index contributed by atoms with van der Waals surface area (Å²) in [6, 6.07) is 11.0. The van der Waals surface area contributed by atoms with Gasteiger partial charge in [-0.05, 0) is 30.3 Å². The van der Waals surface area contributed by atoms with Crippen molar-refractivity contribution in [3.63, 3.8) is 0 Å². The summed E-state index contributed by atoms with van der Waals surface area (Å²) in [6.07, 6.45) is 4.87. The highest BCUT2D eigenvalue weighted by atomic mass is 35.5. The van der Waals surface area contributed by atoms with E-state index >= 15 is 0 Å². The molecule has 2 aromatic heterocycles.